The molecule has 0 saturated heterocycles. The minimum absolute atomic E-state index is 0.166. The Morgan fingerprint density at radius 2 is 1.90 bits per heavy atom. The van der Waals surface area contributed by atoms with Crippen molar-refractivity contribution in [1.82, 2.24) is 10.2 Å². The molecule has 0 atom stereocenters. The van der Waals surface area contributed by atoms with Gasteiger partial charge in [0.2, 0.25) is 11.8 Å². The first-order chi connectivity index (χ1) is 5.27. The van der Waals surface area contributed by atoms with Crippen LogP contribution in [-0.4, -0.2) is 24.4 Å². The van der Waals surface area contributed by atoms with Crippen molar-refractivity contribution in [3.63, 3.8) is 0 Å². The molecule has 0 saturated carbocycles. The van der Waals surface area contributed by atoms with Gasteiger partial charge in [0.05, 0.1) is 15.6 Å². The Balaban J connectivity index is 2.99. The Morgan fingerprint density at radius 1 is 1.30 bits per heavy atom. The maximum absolute atomic E-state index is 7.31. The van der Waals surface area contributed by atoms with E-state index in [1.54, 1.807) is 0 Å². The minimum Gasteiger partial charge on any atom is -0.480 e. The van der Waals surface area contributed by atoms with Crippen molar-refractivity contribution in [2.75, 3.05) is 14.2 Å². The highest BCUT2D eigenvalue weighted by Gasteiger charge is 1.93. The summed E-state index contributed by atoms with van der Waals surface area (Å²) < 4.78 is 16.8. The second kappa shape index (κ2) is 3.00. The number of methoxy groups -OCH3 is 2. The number of nitrogens with zero attached hydrogens (tertiary/aromatic N) is 2. The third-order valence-corrected chi connectivity index (χ3v) is 0.961. The lowest BCUT2D eigenvalue weighted by Crippen LogP contribution is -1.92. The highest BCUT2D eigenvalue weighted by molar-refractivity contribution is 5.14. The van der Waals surface area contributed by atoms with Crippen molar-refractivity contribution < 1.29 is 10.8 Å². The van der Waals surface area contributed by atoms with Crippen LogP contribution in [0.15, 0.2) is 12.1 Å². The van der Waals surface area contributed by atoms with Gasteiger partial charge in [0.15, 0.2) is 0 Å². The third kappa shape index (κ3) is 1.34. The topological polar surface area (TPSA) is 44.2 Å². The SMILES string of the molecule is [2H]c1cc(OC)nnc1OC. The van der Waals surface area contributed by atoms with Gasteiger partial charge in [0.25, 0.3) is 0 Å². The first kappa shape index (κ1) is 5.46. The second-order valence-electron chi connectivity index (χ2n) is 1.54. The molecule has 0 N–H and O–H groups in total. The summed E-state index contributed by atoms with van der Waals surface area (Å²) in [4.78, 5) is 0. The number of hydrogen-bond donors (Lipinski definition) is 0. The van der Waals surface area contributed by atoms with Crippen LogP contribution in [0.4, 0.5) is 0 Å². The molecule has 54 valence electrons. The Hall–Kier alpha value is -1.32. The van der Waals surface area contributed by atoms with E-state index in [0.717, 1.165) is 0 Å². The van der Waals surface area contributed by atoms with Gasteiger partial charge >= 0.3 is 0 Å². The number of ether oxygens (including phenoxy) is 2. The van der Waals surface area contributed by atoms with Crippen LogP contribution in [0.1, 0.15) is 1.37 Å². The zero-order valence-electron chi connectivity index (χ0n) is 6.79. The molecule has 0 aromatic carbocycles. The normalized spacial score (nSPS) is 10.4. The van der Waals surface area contributed by atoms with E-state index in [-0.39, 0.29) is 11.9 Å². The maximum Gasteiger partial charge on any atom is 0.233 e. The van der Waals surface area contributed by atoms with Gasteiger partial charge in [-0.1, -0.05) is 0 Å². The van der Waals surface area contributed by atoms with Crippen molar-refractivity contribution in [3.05, 3.63) is 12.1 Å². The van der Waals surface area contributed by atoms with E-state index < -0.39 is 0 Å². The summed E-state index contributed by atoms with van der Waals surface area (Å²) in [6.07, 6.45) is 0. The summed E-state index contributed by atoms with van der Waals surface area (Å²) in [5, 5.41) is 7.19. The summed E-state index contributed by atoms with van der Waals surface area (Å²) in [6.45, 7) is 0. The van der Waals surface area contributed by atoms with Crippen molar-refractivity contribution in [2.24, 2.45) is 0 Å². The van der Waals surface area contributed by atoms with Gasteiger partial charge < -0.3 is 9.47 Å². The summed E-state index contributed by atoms with van der Waals surface area (Å²) in [7, 11) is 2.91. The second-order valence-corrected chi connectivity index (χ2v) is 1.54. The molecule has 0 aliphatic rings. The average Bonchev–Trinajstić information content (AvgIpc) is 2.04. The van der Waals surface area contributed by atoms with E-state index in [9.17, 15) is 0 Å². The average molecular weight is 141 g/mol. The molecule has 0 aliphatic heterocycles. The van der Waals surface area contributed by atoms with Gasteiger partial charge in [0.1, 0.15) is 0 Å². The van der Waals surface area contributed by atoms with E-state index >= 15 is 0 Å². The highest BCUT2D eigenvalue weighted by atomic mass is 16.5. The molecule has 0 fully saturated rings. The number of hydrogen-bond acceptors (Lipinski definition) is 4. The molecule has 0 unspecified atom stereocenters. The molecule has 10 heavy (non-hydrogen) atoms. The van der Waals surface area contributed by atoms with Gasteiger partial charge in [-0.25, -0.2) is 0 Å². The van der Waals surface area contributed by atoms with Crippen LogP contribution < -0.4 is 9.47 Å². The molecule has 1 heterocycles. The first-order valence-electron chi connectivity index (χ1n) is 3.20. The van der Waals surface area contributed by atoms with Crippen LogP contribution in [0.5, 0.6) is 11.8 Å². The summed E-state index contributed by atoms with van der Waals surface area (Å²) in [5.74, 6) is 0.515. The smallest absolute Gasteiger partial charge is 0.233 e. The molecule has 1 aromatic rings. The zero-order valence-corrected chi connectivity index (χ0v) is 5.79. The lowest BCUT2D eigenvalue weighted by Gasteiger charge is -1.97. The Labute approximate surface area is 60.2 Å². The molecule has 4 heteroatoms. The molecular formula is C6H8N2O2. The fourth-order valence-corrected chi connectivity index (χ4v) is 0.475. The van der Waals surface area contributed by atoms with Crippen molar-refractivity contribution in [1.29, 1.82) is 0 Å². The Bertz CT molecular complexity index is 254. The molecule has 0 spiro atoms. The lowest BCUT2D eigenvalue weighted by atomic mass is 10.5. The van der Waals surface area contributed by atoms with Crippen LogP contribution in [0, 0.1) is 0 Å². The van der Waals surface area contributed by atoms with E-state index in [0.29, 0.717) is 5.88 Å². The van der Waals surface area contributed by atoms with E-state index in [4.69, 9.17) is 10.8 Å². The number of rotatable bonds is 2. The predicted octanol–water partition coefficient (Wildman–Crippen LogP) is 0.494. The summed E-state index contributed by atoms with van der Waals surface area (Å²) >= 11 is 0. The van der Waals surface area contributed by atoms with Gasteiger partial charge in [-0.15, -0.1) is 10.2 Å². The fraction of sp³-hybridized carbons (Fsp3) is 0.333. The lowest BCUT2D eigenvalue weighted by molar-refractivity contribution is 0.367. The molecular weight excluding hydrogens is 132 g/mol. The first-order valence-corrected chi connectivity index (χ1v) is 2.70. The Morgan fingerprint density at radius 3 is 2.40 bits per heavy atom. The highest BCUT2D eigenvalue weighted by Crippen LogP contribution is 2.07. The monoisotopic (exact) mass is 141 g/mol. The van der Waals surface area contributed by atoms with Crippen LogP contribution in [-0.2, 0) is 0 Å². The van der Waals surface area contributed by atoms with E-state index in [1.807, 2.05) is 0 Å². The predicted molar refractivity (Wildman–Crippen MR) is 35.1 cm³/mol. The van der Waals surface area contributed by atoms with Gasteiger partial charge in [-0.2, -0.15) is 0 Å². The van der Waals surface area contributed by atoms with Gasteiger partial charge in [0, 0.05) is 12.1 Å². The van der Waals surface area contributed by atoms with Crippen molar-refractivity contribution >= 4 is 0 Å². The fourth-order valence-electron chi connectivity index (χ4n) is 0.475. The summed E-state index contributed by atoms with van der Waals surface area (Å²) in [6, 6.07) is 1.60. The molecule has 1 aromatic heterocycles. The van der Waals surface area contributed by atoms with E-state index in [2.05, 4.69) is 10.2 Å². The standard InChI is InChI=1S/C6H8N2O2/c1-9-5-3-4-6(10-2)8-7-5/h3-4H,1-2H3/i3D. The van der Waals surface area contributed by atoms with Gasteiger partial charge in [-0.05, 0) is 0 Å². The van der Waals surface area contributed by atoms with Crippen LogP contribution in [0.3, 0.4) is 0 Å². The number of aromatic nitrogens is 2. The quantitative estimate of drug-likeness (QED) is 0.601. The van der Waals surface area contributed by atoms with Gasteiger partial charge in [-0.3, -0.25) is 0 Å². The zero-order chi connectivity index (χ0) is 8.27. The van der Waals surface area contributed by atoms with Crippen LogP contribution in [0.2, 0.25) is 0 Å². The van der Waals surface area contributed by atoms with Crippen LogP contribution in [0.25, 0.3) is 0 Å². The molecule has 1 rings (SSSR count). The van der Waals surface area contributed by atoms with Crippen LogP contribution >= 0.6 is 0 Å². The van der Waals surface area contributed by atoms with Crippen molar-refractivity contribution in [2.45, 2.75) is 0 Å². The molecule has 0 bridgehead atoms. The molecule has 0 radical (unpaired) electrons. The third-order valence-electron chi connectivity index (χ3n) is 0.961. The van der Waals surface area contributed by atoms with E-state index in [1.165, 1.54) is 20.3 Å². The molecule has 0 aliphatic carbocycles. The Kier molecular flexibility index (Phi) is 1.64. The van der Waals surface area contributed by atoms with Crippen molar-refractivity contribution in [3.8, 4) is 11.8 Å². The largest absolute Gasteiger partial charge is 0.480 e. The molecule has 0 amide bonds. The molecule has 4 nitrogen and oxygen atoms in total. The maximum atomic E-state index is 7.31. The summed E-state index contributed by atoms with van der Waals surface area (Å²) in [5.41, 5.74) is 0. The minimum atomic E-state index is 0.166.